The molecule has 0 fully saturated rings. The molecule has 0 unspecified atom stereocenters. The van der Waals surface area contributed by atoms with E-state index in [0.717, 1.165) is 35.7 Å². The van der Waals surface area contributed by atoms with Gasteiger partial charge >= 0.3 is 5.97 Å². The van der Waals surface area contributed by atoms with Crippen LogP contribution in [0.25, 0.3) is 10.9 Å². The average Bonchev–Trinajstić information content (AvgIpc) is 2.52. The van der Waals surface area contributed by atoms with Gasteiger partial charge in [-0.1, -0.05) is 24.6 Å². The lowest BCUT2D eigenvalue weighted by Crippen LogP contribution is -2.05. The van der Waals surface area contributed by atoms with Crippen molar-refractivity contribution in [2.24, 2.45) is 0 Å². The van der Waals surface area contributed by atoms with Crippen LogP contribution in [0.15, 0.2) is 36.5 Å². The Kier molecular flexibility index (Phi) is 6.07. The van der Waals surface area contributed by atoms with Gasteiger partial charge in [0.25, 0.3) is 0 Å². The Bertz CT molecular complexity index is 646. The summed E-state index contributed by atoms with van der Waals surface area (Å²) in [5.41, 5.74) is 1.87. The Morgan fingerprint density at radius 1 is 1.05 bits per heavy atom. The van der Waals surface area contributed by atoms with Crippen molar-refractivity contribution in [3.63, 3.8) is 0 Å². The van der Waals surface area contributed by atoms with Crippen molar-refractivity contribution in [1.82, 2.24) is 4.98 Å². The molecular weight excluding hydrogens is 278 g/mol. The highest BCUT2D eigenvalue weighted by molar-refractivity contribution is 5.82. The number of carbonyl (C=O) groups excluding carboxylic acids is 2. The molecule has 116 valence electrons. The van der Waals surface area contributed by atoms with E-state index in [1.54, 1.807) is 13.1 Å². The van der Waals surface area contributed by atoms with Crippen LogP contribution in [-0.4, -0.2) is 16.7 Å². The number of benzene rings is 1. The van der Waals surface area contributed by atoms with Gasteiger partial charge in [0, 0.05) is 30.0 Å². The molecule has 0 radical (unpaired) electrons. The van der Waals surface area contributed by atoms with Gasteiger partial charge in [0.2, 0.25) is 0 Å². The smallest absolute Gasteiger partial charge is 0.306 e. The maximum Gasteiger partial charge on any atom is 0.306 e. The topological polar surface area (TPSA) is 56.3 Å². The van der Waals surface area contributed by atoms with Crippen molar-refractivity contribution in [2.45, 2.75) is 45.6 Å². The van der Waals surface area contributed by atoms with Gasteiger partial charge in [-0.25, -0.2) is 0 Å². The van der Waals surface area contributed by atoms with Crippen molar-refractivity contribution in [1.29, 1.82) is 0 Å². The van der Waals surface area contributed by atoms with Crippen LogP contribution in [0.3, 0.4) is 0 Å². The summed E-state index contributed by atoms with van der Waals surface area (Å²) in [6.45, 7) is 1.86. The van der Waals surface area contributed by atoms with E-state index in [9.17, 15) is 9.59 Å². The van der Waals surface area contributed by atoms with Crippen LogP contribution in [0.4, 0.5) is 0 Å². The van der Waals surface area contributed by atoms with Crippen LogP contribution in [0.1, 0.15) is 44.6 Å². The summed E-state index contributed by atoms with van der Waals surface area (Å²) in [7, 11) is 0. The third kappa shape index (κ3) is 4.95. The number of aromatic nitrogens is 1. The molecule has 4 nitrogen and oxygen atoms in total. The molecule has 0 atom stereocenters. The molecule has 0 aliphatic heterocycles. The molecule has 0 amide bonds. The van der Waals surface area contributed by atoms with Gasteiger partial charge in [0.05, 0.1) is 5.52 Å². The van der Waals surface area contributed by atoms with Crippen LogP contribution in [0, 0.1) is 0 Å². The van der Waals surface area contributed by atoms with Crippen molar-refractivity contribution in [3.8, 4) is 0 Å². The number of nitrogens with zero attached hydrogens (tertiary/aromatic N) is 1. The Hall–Kier alpha value is -2.23. The van der Waals surface area contributed by atoms with Gasteiger partial charge in [-0.05, 0) is 31.9 Å². The first-order chi connectivity index (χ1) is 10.7. The first-order valence-corrected chi connectivity index (χ1v) is 7.64. The highest BCUT2D eigenvalue weighted by atomic mass is 16.5. The van der Waals surface area contributed by atoms with E-state index in [1.807, 2.05) is 30.3 Å². The zero-order valence-electron chi connectivity index (χ0n) is 12.9. The maximum absolute atomic E-state index is 11.7. The Labute approximate surface area is 130 Å². The number of hydrogen-bond donors (Lipinski definition) is 0. The standard InChI is InChI=1S/C18H21NO3/c1-14(20)7-3-2-4-10-18(21)22-13-15-11-12-19-17-9-6-5-8-16(15)17/h5-6,8-9,11-12H,2-4,7,10,13H2,1H3. The van der Waals surface area contributed by atoms with Gasteiger partial charge < -0.3 is 9.53 Å². The van der Waals surface area contributed by atoms with Gasteiger partial charge in [-0.2, -0.15) is 0 Å². The first-order valence-electron chi connectivity index (χ1n) is 7.64. The predicted octanol–water partition coefficient (Wildman–Crippen LogP) is 3.82. The summed E-state index contributed by atoms with van der Waals surface area (Å²) in [5, 5.41) is 1.01. The van der Waals surface area contributed by atoms with E-state index in [4.69, 9.17) is 4.74 Å². The minimum Gasteiger partial charge on any atom is -0.461 e. The lowest BCUT2D eigenvalue weighted by Gasteiger charge is -2.07. The number of unbranched alkanes of at least 4 members (excludes halogenated alkanes) is 2. The molecule has 1 heterocycles. The number of esters is 1. The van der Waals surface area contributed by atoms with Gasteiger partial charge in [-0.3, -0.25) is 9.78 Å². The van der Waals surface area contributed by atoms with E-state index in [0.29, 0.717) is 12.8 Å². The third-order valence-electron chi connectivity index (χ3n) is 3.54. The molecule has 0 saturated carbocycles. The molecule has 0 spiro atoms. The second kappa shape index (κ2) is 8.27. The second-order valence-electron chi connectivity index (χ2n) is 5.41. The monoisotopic (exact) mass is 299 g/mol. The summed E-state index contributed by atoms with van der Waals surface area (Å²) in [6, 6.07) is 9.68. The summed E-state index contributed by atoms with van der Waals surface area (Å²) in [6.07, 6.45) is 5.22. The van der Waals surface area contributed by atoms with E-state index in [2.05, 4.69) is 4.98 Å². The SMILES string of the molecule is CC(=O)CCCCCC(=O)OCc1ccnc2ccccc12. The normalized spacial score (nSPS) is 10.6. The van der Waals surface area contributed by atoms with Gasteiger partial charge in [0.15, 0.2) is 0 Å². The number of fused-ring (bicyclic) bond motifs is 1. The van der Waals surface area contributed by atoms with Crippen LogP contribution in [0.2, 0.25) is 0 Å². The Balaban J connectivity index is 1.77. The molecule has 0 saturated heterocycles. The van der Waals surface area contributed by atoms with E-state index in [1.165, 1.54) is 0 Å². The fraction of sp³-hybridized carbons (Fsp3) is 0.389. The van der Waals surface area contributed by atoms with Crippen molar-refractivity contribution in [3.05, 3.63) is 42.1 Å². The molecule has 2 aromatic rings. The second-order valence-corrected chi connectivity index (χ2v) is 5.41. The molecule has 22 heavy (non-hydrogen) atoms. The minimum atomic E-state index is -0.191. The summed E-state index contributed by atoms with van der Waals surface area (Å²) in [5.74, 6) is 0.0101. The number of pyridine rings is 1. The van der Waals surface area contributed by atoms with E-state index in [-0.39, 0.29) is 18.4 Å². The molecule has 0 bridgehead atoms. The maximum atomic E-state index is 11.7. The Morgan fingerprint density at radius 3 is 2.64 bits per heavy atom. The minimum absolute atomic E-state index is 0.191. The van der Waals surface area contributed by atoms with Gasteiger partial charge in [0.1, 0.15) is 12.4 Å². The number of ether oxygens (including phenoxy) is 1. The lowest BCUT2D eigenvalue weighted by atomic mass is 10.1. The van der Waals surface area contributed by atoms with Gasteiger partial charge in [-0.15, -0.1) is 0 Å². The zero-order valence-corrected chi connectivity index (χ0v) is 12.9. The third-order valence-corrected chi connectivity index (χ3v) is 3.54. The predicted molar refractivity (Wildman–Crippen MR) is 85.3 cm³/mol. The van der Waals surface area contributed by atoms with E-state index >= 15 is 0 Å². The summed E-state index contributed by atoms with van der Waals surface area (Å²) in [4.78, 5) is 26.8. The lowest BCUT2D eigenvalue weighted by molar-refractivity contribution is -0.145. The number of para-hydroxylation sites is 1. The fourth-order valence-corrected chi connectivity index (χ4v) is 2.33. The van der Waals surface area contributed by atoms with Crippen molar-refractivity contribution in [2.75, 3.05) is 0 Å². The number of ketones is 1. The molecular formula is C18H21NO3. The number of Topliss-reactive ketones (excluding diaryl/α,β-unsaturated/α-hetero) is 1. The molecule has 0 aliphatic carbocycles. The average molecular weight is 299 g/mol. The molecule has 2 rings (SSSR count). The van der Waals surface area contributed by atoms with Crippen LogP contribution in [-0.2, 0) is 20.9 Å². The fourth-order valence-electron chi connectivity index (χ4n) is 2.33. The highest BCUT2D eigenvalue weighted by Gasteiger charge is 2.06. The Morgan fingerprint density at radius 2 is 1.82 bits per heavy atom. The number of hydrogen-bond acceptors (Lipinski definition) is 4. The highest BCUT2D eigenvalue weighted by Crippen LogP contribution is 2.17. The zero-order chi connectivity index (χ0) is 15.8. The molecule has 1 aromatic heterocycles. The van der Waals surface area contributed by atoms with Crippen LogP contribution < -0.4 is 0 Å². The number of rotatable bonds is 8. The van der Waals surface area contributed by atoms with Crippen molar-refractivity contribution < 1.29 is 14.3 Å². The molecule has 1 aromatic carbocycles. The quantitative estimate of drug-likeness (QED) is 0.549. The first kappa shape index (κ1) is 16.1. The largest absolute Gasteiger partial charge is 0.461 e. The summed E-state index contributed by atoms with van der Waals surface area (Å²) >= 11 is 0. The molecule has 0 aliphatic rings. The molecule has 0 N–H and O–H groups in total. The van der Waals surface area contributed by atoms with E-state index < -0.39 is 0 Å². The summed E-state index contributed by atoms with van der Waals surface area (Å²) < 4.78 is 5.33. The van der Waals surface area contributed by atoms with Crippen LogP contribution >= 0.6 is 0 Å². The van der Waals surface area contributed by atoms with Crippen molar-refractivity contribution >= 4 is 22.7 Å². The van der Waals surface area contributed by atoms with Crippen LogP contribution in [0.5, 0.6) is 0 Å². The molecule has 4 heteroatoms. The number of carbonyl (C=O) groups is 2.